The van der Waals surface area contributed by atoms with Crippen molar-refractivity contribution in [2.24, 2.45) is 17.6 Å². The summed E-state index contributed by atoms with van der Waals surface area (Å²) < 4.78 is 0. The summed E-state index contributed by atoms with van der Waals surface area (Å²) in [5, 5.41) is 11.8. The molecule has 2 fully saturated rings. The van der Waals surface area contributed by atoms with E-state index in [9.17, 15) is 9.59 Å². The number of carboxylic acid groups (broad SMARTS) is 1. The zero-order valence-electron chi connectivity index (χ0n) is 9.89. The summed E-state index contributed by atoms with van der Waals surface area (Å²) in [6, 6.07) is -0.706. The molecule has 0 spiro atoms. The highest BCUT2D eigenvalue weighted by molar-refractivity contribution is 5.82. The Kier molecular flexibility index (Phi) is 3.66. The van der Waals surface area contributed by atoms with Gasteiger partial charge in [-0.2, -0.15) is 0 Å². The van der Waals surface area contributed by atoms with Gasteiger partial charge in [0.1, 0.15) is 0 Å². The van der Waals surface area contributed by atoms with Gasteiger partial charge in [0, 0.05) is 6.04 Å². The number of aliphatic carboxylic acids is 1. The van der Waals surface area contributed by atoms with Crippen LogP contribution in [0.5, 0.6) is 0 Å². The molecule has 96 valence electrons. The molecule has 0 aromatic carbocycles. The number of nitrogens with one attached hydrogen (secondary N) is 1. The van der Waals surface area contributed by atoms with Crippen LogP contribution in [0.15, 0.2) is 0 Å². The summed E-state index contributed by atoms with van der Waals surface area (Å²) in [6.07, 6.45) is 5.33. The van der Waals surface area contributed by atoms with Gasteiger partial charge in [0.15, 0.2) is 0 Å². The van der Waals surface area contributed by atoms with Gasteiger partial charge in [-0.15, -0.1) is 0 Å². The maximum atomic E-state index is 11.8. The van der Waals surface area contributed by atoms with E-state index in [2.05, 4.69) is 5.32 Å². The van der Waals surface area contributed by atoms with Gasteiger partial charge in [0.2, 0.25) is 5.91 Å². The molecule has 3 atom stereocenters. The number of carbonyl (C=O) groups excluding carboxylic acids is 1. The maximum absolute atomic E-state index is 11.8. The molecule has 2 aliphatic rings. The topological polar surface area (TPSA) is 92.4 Å². The highest BCUT2D eigenvalue weighted by atomic mass is 16.4. The Morgan fingerprint density at radius 2 is 2.00 bits per heavy atom. The van der Waals surface area contributed by atoms with Crippen molar-refractivity contribution >= 4 is 11.9 Å². The van der Waals surface area contributed by atoms with Gasteiger partial charge in [0.05, 0.1) is 12.0 Å². The molecule has 0 aliphatic heterocycles. The fourth-order valence-electron chi connectivity index (χ4n) is 2.54. The molecule has 2 rings (SSSR count). The average Bonchev–Trinajstić information content (AvgIpc) is 2.94. The normalized spacial score (nSPS) is 29.9. The Balaban J connectivity index is 1.82. The second-order valence-corrected chi connectivity index (χ2v) is 5.28. The fourth-order valence-corrected chi connectivity index (χ4v) is 2.54. The minimum atomic E-state index is -0.816. The highest BCUT2D eigenvalue weighted by Crippen LogP contribution is 2.33. The lowest BCUT2D eigenvalue weighted by Gasteiger charge is -2.20. The van der Waals surface area contributed by atoms with Crippen molar-refractivity contribution < 1.29 is 14.7 Å². The number of carbonyl (C=O) groups is 2. The molecule has 0 bridgehead atoms. The van der Waals surface area contributed by atoms with Crippen LogP contribution in [0.1, 0.15) is 38.5 Å². The predicted molar refractivity (Wildman–Crippen MR) is 62.2 cm³/mol. The third-order valence-corrected chi connectivity index (χ3v) is 3.78. The van der Waals surface area contributed by atoms with E-state index in [1.807, 2.05) is 0 Å². The summed E-state index contributed by atoms with van der Waals surface area (Å²) >= 11 is 0. The Labute approximate surface area is 101 Å². The summed E-state index contributed by atoms with van der Waals surface area (Å²) in [5.74, 6) is -0.833. The van der Waals surface area contributed by atoms with Crippen molar-refractivity contribution in [3.05, 3.63) is 0 Å². The largest absolute Gasteiger partial charge is 0.481 e. The molecule has 2 saturated carbocycles. The number of carboxylic acids is 1. The standard InChI is InChI=1S/C12H20N2O3/c13-9(6-7-4-5-7)11(15)14-10-3-1-2-8(10)12(16)17/h7-10H,1-6,13H2,(H,14,15)(H,16,17)/t8?,9-,10?/m0/s1. The third kappa shape index (κ3) is 3.19. The molecule has 4 N–H and O–H groups in total. The van der Waals surface area contributed by atoms with Crippen LogP contribution >= 0.6 is 0 Å². The molecule has 5 heteroatoms. The molecule has 5 nitrogen and oxygen atoms in total. The van der Waals surface area contributed by atoms with Crippen molar-refractivity contribution in [2.45, 2.75) is 50.6 Å². The van der Waals surface area contributed by atoms with Gasteiger partial charge in [0.25, 0.3) is 0 Å². The molecule has 2 unspecified atom stereocenters. The minimum Gasteiger partial charge on any atom is -0.481 e. The van der Waals surface area contributed by atoms with Crippen LogP contribution in [0, 0.1) is 11.8 Å². The molecule has 2 aliphatic carbocycles. The van der Waals surface area contributed by atoms with Crippen LogP contribution in [0.4, 0.5) is 0 Å². The van der Waals surface area contributed by atoms with Crippen molar-refractivity contribution in [1.29, 1.82) is 0 Å². The Morgan fingerprint density at radius 3 is 2.59 bits per heavy atom. The van der Waals surface area contributed by atoms with Crippen LogP contribution < -0.4 is 11.1 Å². The first-order chi connectivity index (χ1) is 8.08. The summed E-state index contributed by atoms with van der Waals surface area (Å²) in [5.41, 5.74) is 5.80. The Hall–Kier alpha value is -1.10. The van der Waals surface area contributed by atoms with E-state index in [0.717, 1.165) is 19.3 Å². The van der Waals surface area contributed by atoms with Crippen molar-refractivity contribution in [3.8, 4) is 0 Å². The van der Waals surface area contributed by atoms with E-state index >= 15 is 0 Å². The number of amides is 1. The van der Waals surface area contributed by atoms with E-state index < -0.39 is 17.9 Å². The molecule has 0 heterocycles. The van der Waals surface area contributed by atoms with Crippen molar-refractivity contribution in [2.75, 3.05) is 0 Å². The second-order valence-electron chi connectivity index (χ2n) is 5.28. The number of hydrogen-bond donors (Lipinski definition) is 3. The third-order valence-electron chi connectivity index (χ3n) is 3.78. The molecule has 0 aromatic rings. The van der Waals surface area contributed by atoms with Crippen LogP contribution in [0.3, 0.4) is 0 Å². The zero-order valence-corrected chi connectivity index (χ0v) is 9.89. The van der Waals surface area contributed by atoms with E-state index in [1.165, 1.54) is 12.8 Å². The van der Waals surface area contributed by atoms with E-state index in [1.54, 1.807) is 0 Å². The molecule has 17 heavy (non-hydrogen) atoms. The molecule has 0 saturated heterocycles. The molecule has 0 radical (unpaired) electrons. The molecular weight excluding hydrogens is 220 g/mol. The summed E-state index contributed by atoms with van der Waals surface area (Å²) in [6.45, 7) is 0. The smallest absolute Gasteiger partial charge is 0.308 e. The van der Waals surface area contributed by atoms with Gasteiger partial charge in [-0.1, -0.05) is 19.3 Å². The summed E-state index contributed by atoms with van der Waals surface area (Å²) in [7, 11) is 0. The van der Waals surface area contributed by atoms with Crippen LogP contribution in [0.2, 0.25) is 0 Å². The van der Waals surface area contributed by atoms with Gasteiger partial charge in [-0.3, -0.25) is 9.59 Å². The second kappa shape index (κ2) is 5.04. The quantitative estimate of drug-likeness (QED) is 0.652. The average molecular weight is 240 g/mol. The van der Waals surface area contributed by atoms with Crippen molar-refractivity contribution in [3.63, 3.8) is 0 Å². The van der Waals surface area contributed by atoms with Crippen LogP contribution in [-0.4, -0.2) is 29.1 Å². The van der Waals surface area contributed by atoms with E-state index in [-0.39, 0.29) is 11.9 Å². The summed E-state index contributed by atoms with van der Waals surface area (Å²) in [4.78, 5) is 22.8. The molecular formula is C12H20N2O3. The SMILES string of the molecule is N[C@@H](CC1CC1)C(=O)NC1CCCC1C(=O)O. The Morgan fingerprint density at radius 1 is 1.29 bits per heavy atom. The monoisotopic (exact) mass is 240 g/mol. The molecule has 1 amide bonds. The minimum absolute atomic E-state index is 0.185. The predicted octanol–water partition coefficient (Wildman–Crippen LogP) is 0.483. The number of rotatable bonds is 5. The zero-order chi connectivity index (χ0) is 12.4. The maximum Gasteiger partial charge on any atom is 0.308 e. The first kappa shape index (κ1) is 12.4. The van der Waals surface area contributed by atoms with E-state index in [0.29, 0.717) is 12.3 Å². The number of nitrogens with two attached hydrogens (primary N) is 1. The lowest BCUT2D eigenvalue weighted by atomic mass is 10.0. The first-order valence-corrected chi connectivity index (χ1v) is 6.36. The molecule has 0 aromatic heterocycles. The van der Waals surface area contributed by atoms with Crippen LogP contribution in [0.25, 0.3) is 0 Å². The fraction of sp³-hybridized carbons (Fsp3) is 0.833. The highest BCUT2D eigenvalue weighted by Gasteiger charge is 2.35. The number of hydrogen-bond acceptors (Lipinski definition) is 3. The van der Waals surface area contributed by atoms with E-state index in [4.69, 9.17) is 10.8 Å². The van der Waals surface area contributed by atoms with Crippen molar-refractivity contribution in [1.82, 2.24) is 5.32 Å². The van der Waals surface area contributed by atoms with Gasteiger partial charge < -0.3 is 16.2 Å². The van der Waals surface area contributed by atoms with Gasteiger partial charge in [-0.25, -0.2) is 0 Å². The van der Waals surface area contributed by atoms with Gasteiger partial charge >= 0.3 is 5.97 Å². The van der Waals surface area contributed by atoms with Crippen LogP contribution in [-0.2, 0) is 9.59 Å². The van der Waals surface area contributed by atoms with Gasteiger partial charge in [-0.05, 0) is 25.2 Å². The lowest BCUT2D eigenvalue weighted by molar-refractivity contribution is -0.142. The first-order valence-electron chi connectivity index (χ1n) is 6.36. The Bertz CT molecular complexity index is 315. The lowest BCUT2D eigenvalue weighted by Crippen LogP contribution is -2.48.